The number of fused-ring (bicyclic) bond motifs is 1. The third kappa shape index (κ3) is 6.55. The number of alkyl halides is 6. The summed E-state index contributed by atoms with van der Waals surface area (Å²) >= 11 is 0. The first kappa shape index (κ1) is 30.4. The molecule has 0 saturated carbocycles. The van der Waals surface area contributed by atoms with E-state index in [0.29, 0.717) is 43.1 Å². The van der Waals surface area contributed by atoms with Crippen LogP contribution in [0.2, 0.25) is 0 Å². The SMILES string of the molecule is N#Cc1ccc(Nc2nc(Oc3cccc4cccnc34)nc(N3CCN(c4cccc(C(F)(F)F)c4)CC3)n2)cc1C(F)(F)F. The molecule has 9 nitrogen and oxygen atoms in total. The number of hydrogen-bond donors (Lipinski definition) is 1. The Hall–Kier alpha value is -5.65. The molecule has 15 heteroatoms. The van der Waals surface area contributed by atoms with Crippen molar-refractivity contribution >= 4 is 34.2 Å². The van der Waals surface area contributed by atoms with E-state index in [0.717, 1.165) is 29.7 Å². The van der Waals surface area contributed by atoms with Crippen LogP contribution >= 0.6 is 0 Å². The summed E-state index contributed by atoms with van der Waals surface area (Å²) in [7, 11) is 0. The van der Waals surface area contributed by atoms with E-state index in [-0.39, 0.29) is 23.6 Å². The number of ether oxygens (including phenoxy) is 1. The lowest BCUT2D eigenvalue weighted by molar-refractivity contribution is -0.138. The zero-order valence-corrected chi connectivity index (χ0v) is 23.6. The van der Waals surface area contributed by atoms with Crippen LogP contribution in [-0.4, -0.2) is 46.1 Å². The number of nitrogens with one attached hydrogen (secondary N) is 1. The second-order valence-electron chi connectivity index (χ2n) is 10.2. The van der Waals surface area contributed by atoms with Crippen molar-refractivity contribution in [3.8, 4) is 17.8 Å². The summed E-state index contributed by atoms with van der Waals surface area (Å²) in [6, 6.07) is 18.4. The molecule has 0 atom stereocenters. The number of pyridine rings is 1. The molecular formula is C31H22F6N8O. The summed E-state index contributed by atoms with van der Waals surface area (Å²) in [5.74, 6) is 0.328. The second-order valence-corrected chi connectivity index (χ2v) is 10.2. The Morgan fingerprint density at radius 1 is 0.783 bits per heavy atom. The van der Waals surface area contributed by atoms with Crippen LogP contribution in [0.5, 0.6) is 11.8 Å². The highest BCUT2D eigenvalue weighted by molar-refractivity contribution is 5.84. The van der Waals surface area contributed by atoms with Crippen molar-refractivity contribution in [2.45, 2.75) is 12.4 Å². The van der Waals surface area contributed by atoms with Crippen LogP contribution in [0.25, 0.3) is 10.9 Å². The highest BCUT2D eigenvalue weighted by Crippen LogP contribution is 2.35. The lowest BCUT2D eigenvalue weighted by Crippen LogP contribution is -2.47. The van der Waals surface area contributed by atoms with Crippen molar-refractivity contribution in [1.29, 1.82) is 5.26 Å². The largest absolute Gasteiger partial charge is 0.422 e. The molecule has 1 saturated heterocycles. The molecule has 1 fully saturated rings. The predicted octanol–water partition coefficient (Wildman–Crippen LogP) is 7.19. The van der Waals surface area contributed by atoms with Gasteiger partial charge in [0.1, 0.15) is 5.52 Å². The van der Waals surface area contributed by atoms with E-state index in [1.165, 1.54) is 12.1 Å². The molecule has 1 aliphatic rings. The third-order valence-corrected chi connectivity index (χ3v) is 7.20. The Labute approximate surface area is 257 Å². The predicted molar refractivity (Wildman–Crippen MR) is 157 cm³/mol. The van der Waals surface area contributed by atoms with E-state index in [4.69, 9.17) is 10.00 Å². The highest BCUT2D eigenvalue weighted by atomic mass is 19.4. The molecule has 0 radical (unpaired) electrons. The first-order valence-corrected chi connectivity index (χ1v) is 13.8. The van der Waals surface area contributed by atoms with Crippen LogP contribution in [0.3, 0.4) is 0 Å². The molecule has 3 aromatic carbocycles. The topological polar surface area (TPSA) is 103 Å². The molecule has 6 rings (SSSR count). The summed E-state index contributed by atoms with van der Waals surface area (Å²) in [5.41, 5.74) is -1.50. The van der Waals surface area contributed by atoms with Crippen molar-refractivity contribution in [2.75, 3.05) is 41.3 Å². The number of nitrogens with zero attached hydrogens (tertiary/aromatic N) is 7. The van der Waals surface area contributed by atoms with Crippen molar-refractivity contribution in [3.05, 3.63) is 95.7 Å². The van der Waals surface area contributed by atoms with E-state index in [2.05, 4.69) is 25.3 Å². The number of aromatic nitrogens is 4. The number of rotatable bonds is 6. The van der Waals surface area contributed by atoms with Gasteiger partial charge in [-0.25, -0.2) is 0 Å². The van der Waals surface area contributed by atoms with E-state index in [1.807, 2.05) is 12.1 Å². The Morgan fingerprint density at radius 3 is 2.26 bits per heavy atom. The first-order chi connectivity index (χ1) is 22.0. The van der Waals surface area contributed by atoms with Crippen LogP contribution < -0.4 is 19.9 Å². The normalized spacial score (nSPS) is 13.8. The van der Waals surface area contributed by atoms with Crippen LogP contribution in [0.1, 0.15) is 16.7 Å². The summed E-state index contributed by atoms with van der Waals surface area (Å²) in [6.07, 6.45) is -7.66. The molecule has 0 spiro atoms. The zero-order chi connectivity index (χ0) is 32.5. The number of piperazine rings is 1. The summed E-state index contributed by atoms with van der Waals surface area (Å²) in [5, 5.41) is 12.7. The monoisotopic (exact) mass is 636 g/mol. The minimum atomic E-state index is -4.78. The average molecular weight is 637 g/mol. The molecule has 5 aromatic rings. The maximum atomic E-state index is 13.6. The molecule has 234 valence electrons. The van der Waals surface area contributed by atoms with Crippen molar-refractivity contribution in [1.82, 2.24) is 19.9 Å². The standard InChI is InChI=1S/C31H22F6N8O/c32-30(33,34)21-6-2-7-23(16-21)44-12-14-45(15-13-44)28-41-27(40-22-10-9-20(18-38)24(17-22)31(35,36)37)42-29(43-28)46-25-8-1-4-19-5-3-11-39-26(19)25/h1-11,16-17H,12-15H2,(H,40,41,42,43). The Balaban J connectivity index is 1.31. The third-order valence-electron chi connectivity index (χ3n) is 7.20. The van der Waals surface area contributed by atoms with E-state index < -0.39 is 29.0 Å². The van der Waals surface area contributed by atoms with Crippen LogP contribution in [0, 0.1) is 11.3 Å². The highest BCUT2D eigenvalue weighted by Gasteiger charge is 2.34. The van der Waals surface area contributed by atoms with Gasteiger partial charge >= 0.3 is 18.4 Å². The minimum Gasteiger partial charge on any atom is -0.422 e. The van der Waals surface area contributed by atoms with Gasteiger partial charge in [-0.2, -0.15) is 46.6 Å². The summed E-state index contributed by atoms with van der Waals surface area (Å²) in [4.78, 5) is 21.1. The van der Waals surface area contributed by atoms with Gasteiger partial charge in [-0.3, -0.25) is 4.98 Å². The zero-order valence-electron chi connectivity index (χ0n) is 23.6. The van der Waals surface area contributed by atoms with Gasteiger partial charge in [0.25, 0.3) is 0 Å². The van der Waals surface area contributed by atoms with Gasteiger partial charge in [-0.15, -0.1) is 0 Å². The second kappa shape index (κ2) is 12.0. The number of nitriles is 1. The molecule has 0 bridgehead atoms. The van der Waals surface area contributed by atoms with Gasteiger partial charge in [-0.05, 0) is 48.5 Å². The molecule has 46 heavy (non-hydrogen) atoms. The quantitative estimate of drug-likeness (QED) is 0.194. The molecule has 3 heterocycles. The number of anilines is 4. The number of benzene rings is 3. The lowest BCUT2D eigenvalue weighted by Gasteiger charge is -2.36. The minimum absolute atomic E-state index is 0.0318. The van der Waals surface area contributed by atoms with Crippen LogP contribution in [-0.2, 0) is 12.4 Å². The van der Waals surface area contributed by atoms with Crippen molar-refractivity contribution in [2.24, 2.45) is 0 Å². The summed E-state index contributed by atoms with van der Waals surface area (Å²) < 4.78 is 86.7. The molecule has 0 amide bonds. The van der Waals surface area contributed by atoms with Crippen LogP contribution in [0.15, 0.2) is 79.0 Å². The Morgan fingerprint density at radius 2 is 1.52 bits per heavy atom. The van der Waals surface area contributed by atoms with Crippen LogP contribution in [0.4, 0.5) is 49.6 Å². The maximum absolute atomic E-state index is 13.6. The van der Waals surface area contributed by atoms with E-state index >= 15 is 0 Å². The van der Waals surface area contributed by atoms with Gasteiger partial charge in [0, 0.05) is 49.1 Å². The molecule has 2 aromatic heterocycles. The van der Waals surface area contributed by atoms with Crippen molar-refractivity contribution in [3.63, 3.8) is 0 Å². The van der Waals surface area contributed by atoms with Crippen molar-refractivity contribution < 1.29 is 31.1 Å². The smallest absolute Gasteiger partial charge is 0.417 e. The van der Waals surface area contributed by atoms with Gasteiger partial charge < -0.3 is 19.9 Å². The molecule has 0 aliphatic carbocycles. The van der Waals surface area contributed by atoms with E-state index in [9.17, 15) is 26.3 Å². The first-order valence-electron chi connectivity index (χ1n) is 13.8. The molecule has 1 aliphatic heterocycles. The fraction of sp³-hybridized carbons (Fsp3) is 0.194. The maximum Gasteiger partial charge on any atom is 0.417 e. The van der Waals surface area contributed by atoms with Gasteiger partial charge in [0.05, 0.1) is 22.8 Å². The van der Waals surface area contributed by atoms with E-state index in [1.54, 1.807) is 46.3 Å². The summed E-state index contributed by atoms with van der Waals surface area (Å²) in [6.45, 7) is 1.29. The van der Waals surface area contributed by atoms with Gasteiger partial charge in [0.2, 0.25) is 11.9 Å². The lowest BCUT2D eigenvalue weighted by atomic mass is 10.1. The number of para-hydroxylation sites is 1. The fourth-order valence-electron chi connectivity index (χ4n) is 4.97. The number of hydrogen-bond acceptors (Lipinski definition) is 9. The average Bonchev–Trinajstić information content (AvgIpc) is 3.04. The molecular weight excluding hydrogens is 614 g/mol. The molecule has 1 N–H and O–H groups in total. The van der Waals surface area contributed by atoms with Gasteiger partial charge in [-0.1, -0.05) is 24.3 Å². The Kier molecular flexibility index (Phi) is 7.95. The molecule has 0 unspecified atom stereocenters. The number of halogens is 6. The van der Waals surface area contributed by atoms with Gasteiger partial charge in [0.15, 0.2) is 5.75 Å². The Bertz CT molecular complexity index is 1930. The fourth-order valence-corrected chi connectivity index (χ4v) is 4.97.